The van der Waals surface area contributed by atoms with E-state index in [4.69, 9.17) is 0 Å². The van der Waals surface area contributed by atoms with Crippen LogP contribution >= 0.6 is 0 Å². The van der Waals surface area contributed by atoms with Crippen LogP contribution in [0.15, 0.2) is 23.2 Å². The fraction of sp³-hybridized carbons (Fsp3) is 0.222. The van der Waals surface area contributed by atoms with Gasteiger partial charge in [-0.05, 0) is 24.1 Å². The maximum atomic E-state index is 4.22. The third-order valence-electron chi connectivity index (χ3n) is 1.96. The summed E-state index contributed by atoms with van der Waals surface area (Å²) in [6, 6.07) is 6.19. The SMILES string of the molecule is Cc1cccc2c1CNC=N2. The highest BCUT2D eigenvalue weighted by molar-refractivity contribution is 5.67. The number of fused-ring (bicyclic) bond motifs is 1. The van der Waals surface area contributed by atoms with Crippen LogP contribution in [0.25, 0.3) is 0 Å². The minimum Gasteiger partial charge on any atom is -0.372 e. The summed E-state index contributed by atoms with van der Waals surface area (Å²) in [4.78, 5) is 4.22. The van der Waals surface area contributed by atoms with Crippen molar-refractivity contribution in [2.45, 2.75) is 13.5 Å². The van der Waals surface area contributed by atoms with Crippen LogP contribution in [0.2, 0.25) is 0 Å². The van der Waals surface area contributed by atoms with Gasteiger partial charge in [0, 0.05) is 6.54 Å². The number of hydrogen-bond acceptors (Lipinski definition) is 2. The van der Waals surface area contributed by atoms with E-state index in [2.05, 4.69) is 23.3 Å². The molecule has 0 unspecified atom stereocenters. The third kappa shape index (κ3) is 1.00. The van der Waals surface area contributed by atoms with Gasteiger partial charge in [0.1, 0.15) is 0 Å². The van der Waals surface area contributed by atoms with Crippen molar-refractivity contribution in [3.8, 4) is 0 Å². The van der Waals surface area contributed by atoms with E-state index in [1.807, 2.05) is 12.1 Å². The number of rotatable bonds is 0. The number of benzene rings is 1. The Morgan fingerprint density at radius 2 is 2.36 bits per heavy atom. The summed E-state index contributed by atoms with van der Waals surface area (Å²) in [5.41, 5.74) is 3.73. The van der Waals surface area contributed by atoms with Gasteiger partial charge in [0.2, 0.25) is 0 Å². The van der Waals surface area contributed by atoms with Gasteiger partial charge >= 0.3 is 0 Å². The van der Waals surface area contributed by atoms with Crippen LogP contribution < -0.4 is 5.32 Å². The lowest BCUT2D eigenvalue weighted by molar-refractivity contribution is 0.903. The van der Waals surface area contributed by atoms with Crippen molar-refractivity contribution in [2.75, 3.05) is 0 Å². The zero-order valence-corrected chi connectivity index (χ0v) is 6.46. The van der Waals surface area contributed by atoms with Crippen molar-refractivity contribution in [1.82, 2.24) is 5.32 Å². The molecule has 1 heterocycles. The zero-order chi connectivity index (χ0) is 7.68. The number of nitrogens with zero attached hydrogens (tertiary/aromatic N) is 1. The molecule has 0 amide bonds. The molecule has 0 bridgehead atoms. The van der Waals surface area contributed by atoms with Gasteiger partial charge in [0.15, 0.2) is 0 Å². The van der Waals surface area contributed by atoms with Crippen molar-refractivity contribution >= 4 is 12.0 Å². The number of hydrogen-bond donors (Lipinski definition) is 1. The molecule has 0 atom stereocenters. The Hall–Kier alpha value is -1.31. The lowest BCUT2D eigenvalue weighted by atomic mass is 10.1. The number of aryl methyl sites for hydroxylation is 1. The normalized spacial score (nSPS) is 13.9. The highest BCUT2D eigenvalue weighted by Gasteiger charge is 2.05. The van der Waals surface area contributed by atoms with E-state index in [0.717, 1.165) is 12.2 Å². The molecule has 0 saturated heterocycles. The Kier molecular flexibility index (Phi) is 1.39. The first-order valence-electron chi connectivity index (χ1n) is 3.72. The quantitative estimate of drug-likeness (QED) is 0.592. The summed E-state index contributed by atoms with van der Waals surface area (Å²) < 4.78 is 0. The summed E-state index contributed by atoms with van der Waals surface area (Å²) >= 11 is 0. The Morgan fingerprint density at radius 1 is 1.45 bits per heavy atom. The highest BCUT2D eigenvalue weighted by atomic mass is 15.0. The fourth-order valence-electron chi connectivity index (χ4n) is 1.30. The van der Waals surface area contributed by atoms with Gasteiger partial charge in [-0.25, -0.2) is 4.99 Å². The molecule has 0 fully saturated rings. The van der Waals surface area contributed by atoms with Crippen molar-refractivity contribution in [3.63, 3.8) is 0 Å². The lowest BCUT2D eigenvalue weighted by Crippen LogP contribution is -2.14. The molecule has 0 radical (unpaired) electrons. The van der Waals surface area contributed by atoms with Crippen LogP contribution in [0.4, 0.5) is 5.69 Å². The van der Waals surface area contributed by atoms with E-state index < -0.39 is 0 Å². The minimum atomic E-state index is 0.908. The van der Waals surface area contributed by atoms with Crippen LogP contribution in [0.5, 0.6) is 0 Å². The highest BCUT2D eigenvalue weighted by Crippen LogP contribution is 2.23. The average Bonchev–Trinajstić information content (AvgIpc) is 2.06. The van der Waals surface area contributed by atoms with Gasteiger partial charge < -0.3 is 5.32 Å². The second-order valence-electron chi connectivity index (χ2n) is 2.71. The molecule has 11 heavy (non-hydrogen) atoms. The van der Waals surface area contributed by atoms with Crippen molar-refractivity contribution < 1.29 is 0 Å². The molecule has 0 aromatic heterocycles. The van der Waals surface area contributed by atoms with Gasteiger partial charge in [-0.3, -0.25) is 0 Å². The molecular formula is C9H10N2. The Balaban J connectivity index is 2.60. The van der Waals surface area contributed by atoms with Crippen molar-refractivity contribution in [3.05, 3.63) is 29.3 Å². The molecule has 1 aromatic rings. The van der Waals surface area contributed by atoms with Crippen LogP contribution in [-0.2, 0) is 6.54 Å². The molecule has 1 aliphatic heterocycles. The summed E-state index contributed by atoms with van der Waals surface area (Å²) in [7, 11) is 0. The predicted octanol–water partition coefficient (Wildman–Crippen LogP) is 1.76. The first-order chi connectivity index (χ1) is 5.38. The summed E-state index contributed by atoms with van der Waals surface area (Å²) in [6.45, 7) is 3.02. The fourth-order valence-corrected chi connectivity index (χ4v) is 1.30. The summed E-state index contributed by atoms with van der Waals surface area (Å²) in [6.07, 6.45) is 1.75. The van der Waals surface area contributed by atoms with Gasteiger partial charge in [0.25, 0.3) is 0 Å². The van der Waals surface area contributed by atoms with Crippen LogP contribution in [-0.4, -0.2) is 6.34 Å². The second-order valence-corrected chi connectivity index (χ2v) is 2.71. The lowest BCUT2D eigenvalue weighted by Gasteiger charge is -2.12. The molecule has 2 heteroatoms. The summed E-state index contributed by atoms with van der Waals surface area (Å²) in [5, 5.41) is 3.09. The van der Waals surface area contributed by atoms with Crippen LogP contribution in [0, 0.1) is 6.92 Å². The van der Waals surface area contributed by atoms with E-state index in [1.165, 1.54) is 11.1 Å². The molecular weight excluding hydrogens is 136 g/mol. The maximum Gasteiger partial charge on any atom is 0.0889 e. The first-order valence-corrected chi connectivity index (χ1v) is 3.72. The van der Waals surface area contributed by atoms with Crippen LogP contribution in [0.3, 0.4) is 0 Å². The molecule has 0 saturated carbocycles. The van der Waals surface area contributed by atoms with E-state index in [0.29, 0.717) is 0 Å². The Labute approximate surface area is 66.0 Å². The summed E-state index contributed by atoms with van der Waals surface area (Å²) in [5.74, 6) is 0. The standard InChI is InChI=1S/C9H10N2/c1-7-3-2-4-9-8(7)5-10-6-11-9/h2-4,6H,5H2,1H3,(H,10,11). The van der Waals surface area contributed by atoms with Crippen molar-refractivity contribution in [1.29, 1.82) is 0 Å². The first kappa shape index (κ1) is 6.40. The van der Waals surface area contributed by atoms with E-state index in [1.54, 1.807) is 6.34 Å². The Bertz CT molecular complexity index is 302. The van der Waals surface area contributed by atoms with E-state index >= 15 is 0 Å². The zero-order valence-electron chi connectivity index (χ0n) is 6.46. The van der Waals surface area contributed by atoms with Gasteiger partial charge in [0.05, 0.1) is 12.0 Å². The molecule has 0 spiro atoms. The van der Waals surface area contributed by atoms with Crippen LogP contribution in [0.1, 0.15) is 11.1 Å². The molecule has 1 aliphatic rings. The molecule has 0 aliphatic carbocycles. The molecule has 1 N–H and O–H groups in total. The number of aliphatic imine (C=N–C) groups is 1. The maximum absolute atomic E-state index is 4.22. The third-order valence-corrected chi connectivity index (χ3v) is 1.96. The molecule has 1 aromatic carbocycles. The largest absolute Gasteiger partial charge is 0.372 e. The predicted molar refractivity (Wildman–Crippen MR) is 46.2 cm³/mol. The number of nitrogens with one attached hydrogen (secondary N) is 1. The topological polar surface area (TPSA) is 24.4 Å². The average molecular weight is 146 g/mol. The molecule has 2 nitrogen and oxygen atoms in total. The Morgan fingerprint density at radius 3 is 3.18 bits per heavy atom. The second kappa shape index (κ2) is 2.38. The molecule has 2 rings (SSSR count). The molecule has 56 valence electrons. The van der Waals surface area contributed by atoms with E-state index in [9.17, 15) is 0 Å². The van der Waals surface area contributed by atoms with E-state index in [-0.39, 0.29) is 0 Å². The van der Waals surface area contributed by atoms with Crippen molar-refractivity contribution in [2.24, 2.45) is 4.99 Å². The van der Waals surface area contributed by atoms with Gasteiger partial charge in [-0.2, -0.15) is 0 Å². The van der Waals surface area contributed by atoms with Gasteiger partial charge in [-0.1, -0.05) is 12.1 Å². The minimum absolute atomic E-state index is 0.908. The smallest absolute Gasteiger partial charge is 0.0889 e. The monoisotopic (exact) mass is 146 g/mol. The van der Waals surface area contributed by atoms with Gasteiger partial charge in [-0.15, -0.1) is 0 Å².